The molecule has 0 bridgehead atoms. The van der Waals surface area contributed by atoms with Crippen LogP contribution in [0.25, 0.3) is 10.9 Å². The zero-order valence-electron chi connectivity index (χ0n) is 23.9. The largest absolute Gasteiger partial charge is 0.352 e. The lowest BCUT2D eigenvalue weighted by molar-refractivity contribution is -0.126. The van der Waals surface area contributed by atoms with E-state index in [1.165, 1.54) is 11.8 Å². The summed E-state index contributed by atoms with van der Waals surface area (Å²) in [5.74, 6) is 0.240. The molecule has 0 spiro atoms. The van der Waals surface area contributed by atoms with Crippen molar-refractivity contribution in [2.45, 2.75) is 69.1 Å². The quantitative estimate of drug-likeness (QED) is 0.188. The van der Waals surface area contributed by atoms with Crippen LogP contribution in [0.2, 0.25) is 0 Å². The van der Waals surface area contributed by atoms with Crippen molar-refractivity contribution in [3.05, 3.63) is 101 Å². The van der Waals surface area contributed by atoms with Gasteiger partial charge in [-0.25, -0.2) is 4.98 Å². The summed E-state index contributed by atoms with van der Waals surface area (Å²) in [4.78, 5) is 48.6. The summed E-state index contributed by atoms with van der Waals surface area (Å²) >= 11 is 1.35. The molecule has 0 radical (unpaired) electrons. The Hall–Kier alpha value is -3.98. The summed E-state index contributed by atoms with van der Waals surface area (Å²) in [6, 6.07) is 21.1. The number of carbonyl (C=O) groups is 2. The number of hydrogen-bond donors (Lipinski definition) is 2. The number of nitrogens with one attached hydrogen (secondary N) is 2. The third-order valence-electron chi connectivity index (χ3n) is 7.89. The topological polar surface area (TPSA) is 106 Å². The Morgan fingerprint density at radius 2 is 1.64 bits per heavy atom. The molecule has 9 heteroatoms. The van der Waals surface area contributed by atoms with Crippen molar-refractivity contribution in [3.8, 4) is 0 Å². The summed E-state index contributed by atoms with van der Waals surface area (Å²) in [5, 5.41) is 6.82. The Bertz CT molecular complexity index is 1550. The molecule has 2 N–H and O–H groups in total. The van der Waals surface area contributed by atoms with Crippen molar-refractivity contribution in [3.63, 3.8) is 0 Å². The number of hydrogen-bond acceptors (Lipinski definition) is 6. The van der Waals surface area contributed by atoms with Gasteiger partial charge in [-0.1, -0.05) is 67.2 Å². The highest BCUT2D eigenvalue weighted by atomic mass is 32.2. The van der Waals surface area contributed by atoms with Gasteiger partial charge in [-0.15, -0.1) is 0 Å². The number of rotatable bonds is 11. The summed E-state index contributed by atoms with van der Waals surface area (Å²) < 4.78 is 1.75. The van der Waals surface area contributed by atoms with Gasteiger partial charge in [0.2, 0.25) is 11.8 Å². The maximum absolute atomic E-state index is 13.7. The van der Waals surface area contributed by atoms with E-state index in [2.05, 4.69) is 15.6 Å². The smallest absolute Gasteiger partial charge is 0.262 e. The monoisotopic (exact) mass is 583 g/mol. The molecule has 2 heterocycles. The molecule has 0 aliphatic heterocycles. The van der Waals surface area contributed by atoms with E-state index in [4.69, 9.17) is 4.98 Å². The molecule has 8 nitrogen and oxygen atoms in total. The Kier molecular flexibility index (Phi) is 10.0. The van der Waals surface area contributed by atoms with Gasteiger partial charge >= 0.3 is 0 Å². The Morgan fingerprint density at radius 3 is 2.38 bits per heavy atom. The zero-order valence-corrected chi connectivity index (χ0v) is 24.7. The van der Waals surface area contributed by atoms with Crippen molar-refractivity contribution >= 4 is 34.5 Å². The summed E-state index contributed by atoms with van der Waals surface area (Å²) in [6.07, 6.45) is 7.32. The van der Waals surface area contributed by atoms with E-state index < -0.39 is 5.25 Å². The predicted octanol–water partition coefficient (Wildman–Crippen LogP) is 5.10. The van der Waals surface area contributed by atoms with Crippen LogP contribution in [0.5, 0.6) is 0 Å². The van der Waals surface area contributed by atoms with Crippen LogP contribution in [0.1, 0.15) is 50.2 Å². The fraction of sp³-hybridized carbons (Fsp3) is 0.364. The fourth-order valence-corrected chi connectivity index (χ4v) is 6.50. The van der Waals surface area contributed by atoms with Gasteiger partial charge in [0.25, 0.3) is 5.56 Å². The van der Waals surface area contributed by atoms with Gasteiger partial charge in [0.15, 0.2) is 5.16 Å². The lowest BCUT2D eigenvalue weighted by Crippen LogP contribution is -2.35. The molecule has 2 aromatic heterocycles. The molecule has 1 unspecified atom stereocenters. The van der Waals surface area contributed by atoms with Crippen molar-refractivity contribution < 1.29 is 9.59 Å². The fourth-order valence-electron chi connectivity index (χ4n) is 5.45. The molecule has 1 fully saturated rings. The van der Waals surface area contributed by atoms with Crippen LogP contribution in [0.15, 0.2) is 89.1 Å². The van der Waals surface area contributed by atoms with Gasteiger partial charge in [-0.05, 0) is 67.3 Å². The second kappa shape index (κ2) is 14.3. The maximum atomic E-state index is 13.7. The van der Waals surface area contributed by atoms with Crippen LogP contribution in [0.4, 0.5) is 0 Å². The normalized spacial score (nSPS) is 17.5. The molecule has 5 rings (SSSR count). The highest BCUT2D eigenvalue weighted by molar-refractivity contribution is 8.00. The number of carbonyl (C=O) groups excluding carboxylic acids is 2. The number of thioether (sulfide) groups is 1. The number of pyridine rings is 1. The molecule has 4 aromatic rings. The molecule has 1 atom stereocenters. The molecule has 0 saturated heterocycles. The molecule has 2 amide bonds. The predicted molar refractivity (Wildman–Crippen MR) is 166 cm³/mol. The molecule has 42 heavy (non-hydrogen) atoms. The average Bonchev–Trinajstić information content (AvgIpc) is 3.04. The van der Waals surface area contributed by atoms with Crippen LogP contribution >= 0.6 is 11.8 Å². The Balaban J connectivity index is 1.26. The zero-order chi connectivity index (χ0) is 29.3. The minimum atomic E-state index is -0.398. The second-order valence-electron chi connectivity index (χ2n) is 10.8. The first-order valence-electron chi connectivity index (χ1n) is 14.7. The molecule has 1 aliphatic rings. The van der Waals surface area contributed by atoms with Gasteiger partial charge in [-0.3, -0.25) is 23.9 Å². The van der Waals surface area contributed by atoms with Crippen molar-refractivity contribution in [2.75, 3.05) is 0 Å². The van der Waals surface area contributed by atoms with Crippen molar-refractivity contribution in [1.29, 1.82) is 0 Å². The number of fused-ring (bicyclic) bond motifs is 1. The molecule has 2 aromatic carbocycles. The number of amides is 2. The van der Waals surface area contributed by atoms with E-state index in [1.807, 2.05) is 73.7 Å². The van der Waals surface area contributed by atoms with E-state index in [-0.39, 0.29) is 29.2 Å². The minimum Gasteiger partial charge on any atom is -0.352 e. The summed E-state index contributed by atoms with van der Waals surface area (Å²) in [7, 11) is 0. The summed E-state index contributed by atoms with van der Waals surface area (Å²) in [6.45, 7) is 3.41. The van der Waals surface area contributed by atoms with Gasteiger partial charge in [0.05, 0.1) is 16.2 Å². The van der Waals surface area contributed by atoms with Gasteiger partial charge in [-0.2, -0.15) is 0 Å². The van der Waals surface area contributed by atoms with Crippen LogP contribution in [-0.2, 0) is 29.2 Å². The standard InChI is InChI=1S/C33H37N5O3S/c1-2-29(31(40)36-21-25-11-8-18-34-19-25)42-33-37-28-13-7-6-12-27(28)32(41)38(33)22-24-14-16-26(17-15-24)30(39)35-20-23-9-4-3-5-10-23/h3-13,18-19,24,26,29H,2,14-17,20-22H2,1H3,(H,35,39)(H,36,40). The first kappa shape index (κ1) is 29.5. The number of benzene rings is 2. The molecular weight excluding hydrogens is 546 g/mol. The highest BCUT2D eigenvalue weighted by Gasteiger charge is 2.28. The minimum absolute atomic E-state index is 0.0155. The molecule has 1 aliphatic carbocycles. The van der Waals surface area contributed by atoms with Crippen LogP contribution in [0.3, 0.4) is 0 Å². The van der Waals surface area contributed by atoms with Crippen molar-refractivity contribution in [2.24, 2.45) is 11.8 Å². The number of aromatic nitrogens is 3. The van der Waals surface area contributed by atoms with Crippen LogP contribution in [0, 0.1) is 11.8 Å². The van der Waals surface area contributed by atoms with E-state index in [0.29, 0.717) is 42.1 Å². The average molecular weight is 584 g/mol. The van der Waals surface area contributed by atoms with E-state index in [1.54, 1.807) is 17.0 Å². The lowest BCUT2D eigenvalue weighted by atomic mass is 9.81. The molecular formula is C33H37N5O3S. The SMILES string of the molecule is CCC(Sc1nc2ccccc2c(=O)n1CC1CCC(C(=O)NCc2ccccc2)CC1)C(=O)NCc1cccnc1. The molecule has 218 valence electrons. The van der Waals surface area contributed by atoms with Crippen LogP contribution < -0.4 is 16.2 Å². The van der Waals surface area contributed by atoms with Gasteiger partial charge in [0.1, 0.15) is 0 Å². The third-order valence-corrected chi connectivity index (χ3v) is 9.25. The van der Waals surface area contributed by atoms with E-state index in [9.17, 15) is 14.4 Å². The summed E-state index contributed by atoms with van der Waals surface area (Å²) in [5.41, 5.74) is 2.56. The Labute approximate surface area is 250 Å². The first-order chi connectivity index (χ1) is 20.5. The highest BCUT2D eigenvalue weighted by Crippen LogP contribution is 2.32. The van der Waals surface area contributed by atoms with E-state index in [0.717, 1.165) is 36.8 Å². The number of para-hydroxylation sites is 1. The number of nitrogens with zero attached hydrogens (tertiary/aromatic N) is 3. The van der Waals surface area contributed by atoms with Gasteiger partial charge < -0.3 is 10.6 Å². The lowest BCUT2D eigenvalue weighted by Gasteiger charge is -2.29. The Morgan fingerprint density at radius 1 is 0.929 bits per heavy atom. The third kappa shape index (κ3) is 7.45. The van der Waals surface area contributed by atoms with Crippen molar-refractivity contribution in [1.82, 2.24) is 25.2 Å². The van der Waals surface area contributed by atoms with E-state index >= 15 is 0 Å². The maximum Gasteiger partial charge on any atom is 0.262 e. The van der Waals surface area contributed by atoms with Crippen LogP contribution in [-0.4, -0.2) is 31.6 Å². The molecule has 1 saturated carbocycles. The first-order valence-corrected chi connectivity index (χ1v) is 15.5. The second-order valence-corrected chi connectivity index (χ2v) is 12.0. The van der Waals surface area contributed by atoms with Gasteiger partial charge in [0, 0.05) is 37.9 Å².